The first-order chi connectivity index (χ1) is 10.9. The van der Waals surface area contributed by atoms with Crippen LogP contribution >= 0.6 is 0 Å². The fourth-order valence-corrected chi connectivity index (χ4v) is 6.46. The molecule has 4 nitrogen and oxygen atoms in total. The first-order valence-corrected chi connectivity index (χ1v) is 9.15. The molecular weight excluding hydrogens is 290 g/mol. The van der Waals surface area contributed by atoms with Crippen LogP contribution in [0.25, 0.3) is 0 Å². The lowest BCUT2D eigenvalue weighted by molar-refractivity contribution is -0.153. The SMILES string of the molecule is C[C@]12CCC3=CC4=CC(O)[C@@H](N)C[C@]45CC[C@]3(O5)[C@@H]1CC[C@@H]2O. The molecule has 4 N–H and O–H groups in total. The molecule has 5 aliphatic rings. The zero-order chi connectivity index (χ0) is 16.0. The predicted molar refractivity (Wildman–Crippen MR) is 86.6 cm³/mol. The number of aliphatic hydroxyl groups excluding tert-OH is 2. The number of aliphatic hydroxyl groups is 2. The van der Waals surface area contributed by atoms with E-state index in [0.717, 1.165) is 44.1 Å². The van der Waals surface area contributed by atoms with Crippen LogP contribution in [0.1, 0.15) is 51.9 Å². The quantitative estimate of drug-likeness (QED) is 0.637. The highest BCUT2D eigenvalue weighted by molar-refractivity contribution is 5.47. The Morgan fingerprint density at radius 1 is 1.22 bits per heavy atom. The third-order valence-corrected chi connectivity index (χ3v) is 7.81. The maximum atomic E-state index is 10.6. The van der Waals surface area contributed by atoms with Crippen molar-refractivity contribution in [2.45, 2.75) is 81.3 Å². The van der Waals surface area contributed by atoms with E-state index < -0.39 is 6.10 Å². The Balaban J connectivity index is 1.64. The average Bonchev–Trinajstić information content (AvgIpc) is 2.98. The molecule has 1 saturated heterocycles. The number of nitrogens with two attached hydrogens (primary N) is 1. The van der Waals surface area contributed by atoms with Gasteiger partial charge in [0.05, 0.1) is 23.4 Å². The van der Waals surface area contributed by atoms with E-state index in [1.165, 1.54) is 5.57 Å². The Bertz CT molecular complexity index is 628. The second kappa shape index (κ2) is 4.29. The van der Waals surface area contributed by atoms with Gasteiger partial charge in [-0.1, -0.05) is 13.0 Å². The minimum absolute atomic E-state index is 0.0135. The second-order valence-electron chi connectivity index (χ2n) is 8.79. The largest absolute Gasteiger partial charge is 0.393 e. The lowest BCUT2D eigenvalue weighted by Crippen LogP contribution is -2.57. The molecule has 3 aliphatic carbocycles. The van der Waals surface area contributed by atoms with E-state index in [-0.39, 0.29) is 28.8 Å². The van der Waals surface area contributed by atoms with Crippen molar-refractivity contribution in [3.63, 3.8) is 0 Å². The van der Waals surface area contributed by atoms with E-state index in [0.29, 0.717) is 12.3 Å². The van der Waals surface area contributed by atoms with E-state index >= 15 is 0 Å². The van der Waals surface area contributed by atoms with Crippen molar-refractivity contribution in [2.24, 2.45) is 17.1 Å². The lowest BCUT2D eigenvalue weighted by Gasteiger charge is -2.55. The van der Waals surface area contributed by atoms with Gasteiger partial charge in [0.25, 0.3) is 0 Å². The maximum Gasteiger partial charge on any atom is 0.0958 e. The van der Waals surface area contributed by atoms with Crippen LogP contribution < -0.4 is 5.73 Å². The molecule has 2 heterocycles. The Labute approximate surface area is 137 Å². The predicted octanol–water partition coefficient (Wildman–Crippen LogP) is 1.80. The smallest absolute Gasteiger partial charge is 0.0958 e. The van der Waals surface area contributed by atoms with Crippen LogP contribution in [0, 0.1) is 11.3 Å². The topological polar surface area (TPSA) is 75.7 Å². The molecule has 1 unspecified atom stereocenters. The van der Waals surface area contributed by atoms with E-state index in [9.17, 15) is 10.2 Å². The summed E-state index contributed by atoms with van der Waals surface area (Å²) >= 11 is 0. The summed E-state index contributed by atoms with van der Waals surface area (Å²) in [6, 6.07) is -0.243. The summed E-state index contributed by atoms with van der Waals surface area (Å²) in [5, 5.41) is 20.7. The van der Waals surface area contributed by atoms with Gasteiger partial charge in [-0.25, -0.2) is 0 Å². The number of fused-ring (bicyclic) bond motifs is 1. The Morgan fingerprint density at radius 3 is 2.87 bits per heavy atom. The molecule has 0 aromatic heterocycles. The monoisotopic (exact) mass is 317 g/mol. The third kappa shape index (κ3) is 1.61. The Hall–Kier alpha value is -0.680. The molecule has 0 aromatic carbocycles. The molecule has 0 amide bonds. The molecule has 7 atom stereocenters. The molecule has 2 saturated carbocycles. The second-order valence-corrected chi connectivity index (χ2v) is 8.79. The van der Waals surface area contributed by atoms with Gasteiger partial charge in [-0.15, -0.1) is 0 Å². The summed E-state index contributed by atoms with van der Waals surface area (Å²) in [5.74, 6) is 0.411. The van der Waals surface area contributed by atoms with Crippen LogP contribution in [0.15, 0.2) is 23.3 Å². The minimum Gasteiger partial charge on any atom is -0.393 e. The van der Waals surface area contributed by atoms with Crippen LogP contribution in [0.5, 0.6) is 0 Å². The molecule has 2 aliphatic heterocycles. The molecule has 0 radical (unpaired) electrons. The molecule has 4 heteroatoms. The van der Waals surface area contributed by atoms with Crippen LogP contribution in [0.4, 0.5) is 0 Å². The van der Waals surface area contributed by atoms with Crippen LogP contribution in [-0.4, -0.2) is 39.7 Å². The lowest BCUT2D eigenvalue weighted by atomic mass is 9.58. The van der Waals surface area contributed by atoms with Gasteiger partial charge < -0.3 is 20.7 Å². The van der Waals surface area contributed by atoms with Crippen molar-refractivity contribution in [1.29, 1.82) is 0 Å². The normalized spacial score (nSPS) is 57.2. The van der Waals surface area contributed by atoms with Crippen molar-refractivity contribution in [1.82, 2.24) is 0 Å². The molecule has 23 heavy (non-hydrogen) atoms. The van der Waals surface area contributed by atoms with Crippen molar-refractivity contribution in [3.8, 4) is 0 Å². The summed E-state index contributed by atoms with van der Waals surface area (Å²) < 4.78 is 6.89. The van der Waals surface area contributed by atoms with Crippen LogP contribution in [0.3, 0.4) is 0 Å². The zero-order valence-corrected chi connectivity index (χ0v) is 13.8. The van der Waals surface area contributed by atoms with Gasteiger partial charge in [0, 0.05) is 6.04 Å². The minimum atomic E-state index is -0.564. The van der Waals surface area contributed by atoms with Crippen LogP contribution in [-0.2, 0) is 4.74 Å². The third-order valence-electron chi connectivity index (χ3n) is 7.81. The fraction of sp³-hybridized carbons (Fsp3) is 0.789. The molecule has 5 rings (SSSR count). The molecule has 3 fully saturated rings. The molecule has 2 bridgehead atoms. The van der Waals surface area contributed by atoms with E-state index in [1.54, 1.807) is 0 Å². The van der Waals surface area contributed by atoms with Gasteiger partial charge in [-0.05, 0) is 73.5 Å². The van der Waals surface area contributed by atoms with Gasteiger partial charge in [-0.2, -0.15) is 0 Å². The highest BCUT2D eigenvalue weighted by Gasteiger charge is 2.67. The molecular formula is C19H27NO3. The van der Waals surface area contributed by atoms with Crippen molar-refractivity contribution >= 4 is 0 Å². The molecule has 2 spiro atoms. The van der Waals surface area contributed by atoms with Gasteiger partial charge in [-0.3, -0.25) is 0 Å². The molecule has 126 valence electrons. The molecule has 0 aromatic rings. The zero-order valence-electron chi connectivity index (χ0n) is 13.8. The van der Waals surface area contributed by atoms with Gasteiger partial charge in [0.1, 0.15) is 0 Å². The average molecular weight is 317 g/mol. The highest BCUT2D eigenvalue weighted by Crippen LogP contribution is 2.67. The van der Waals surface area contributed by atoms with Crippen molar-refractivity contribution in [2.75, 3.05) is 0 Å². The standard InChI is InChI=1S/C19H27NO3/c1-17-5-4-11-8-12-9-14(21)13(20)10-18(12)6-7-19(11,23-18)15(17)2-3-16(17)22/h8-9,13-16,21-22H,2-7,10,20H2,1H3/t13-,14?,15+,16-,17-,18+,19+/m0/s1. The maximum absolute atomic E-state index is 10.6. The number of rotatable bonds is 0. The summed E-state index contributed by atoms with van der Waals surface area (Å²) in [6.07, 6.45) is 10.2. The number of hydrogen-bond donors (Lipinski definition) is 3. The number of ether oxygens (including phenoxy) is 1. The highest BCUT2D eigenvalue weighted by atomic mass is 16.5. The number of hydrogen-bond acceptors (Lipinski definition) is 4. The van der Waals surface area contributed by atoms with Crippen molar-refractivity contribution in [3.05, 3.63) is 23.3 Å². The Morgan fingerprint density at radius 2 is 2.04 bits per heavy atom. The fourth-order valence-electron chi connectivity index (χ4n) is 6.46. The summed E-state index contributed by atoms with van der Waals surface area (Å²) in [6.45, 7) is 2.26. The van der Waals surface area contributed by atoms with Gasteiger partial charge >= 0.3 is 0 Å². The van der Waals surface area contributed by atoms with Gasteiger partial charge in [0.2, 0.25) is 0 Å². The van der Waals surface area contributed by atoms with E-state index in [2.05, 4.69) is 13.0 Å². The van der Waals surface area contributed by atoms with Gasteiger partial charge in [0.15, 0.2) is 0 Å². The van der Waals surface area contributed by atoms with E-state index in [1.807, 2.05) is 6.08 Å². The summed E-state index contributed by atoms with van der Waals surface area (Å²) in [4.78, 5) is 0. The first-order valence-electron chi connectivity index (χ1n) is 9.15. The first kappa shape index (κ1) is 14.6. The van der Waals surface area contributed by atoms with E-state index in [4.69, 9.17) is 10.5 Å². The van der Waals surface area contributed by atoms with Crippen LogP contribution in [0.2, 0.25) is 0 Å². The summed E-state index contributed by atoms with van der Waals surface area (Å²) in [7, 11) is 0. The Kier molecular flexibility index (Phi) is 2.73. The summed E-state index contributed by atoms with van der Waals surface area (Å²) in [5.41, 5.74) is 8.20. The van der Waals surface area contributed by atoms with Crippen molar-refractivity contribution < 1.29 is 14.9 Å².